The maximum absolute atomic E-state index is 13.5. The Morgan fingerprint density at radius 1 is 1.08 bits per heavy atom. The van der Waals surface area contributed by atoms with Gasteiger partial charge in [0.05, 0.1) is 24.8 Å². The fraction of sp³-hybridized carbons (Fsp3) is 0.286. The van der Waals surface area contributed by atoms with Crippen LogP contribution in [0.3, 0.4) is 0 Å². The molecule has 4 rings (SSSR count). The summed E-state index contributed by atoms with van der Waals surface area (Å²) in [7, 11) is -0.511. The number of sulfone groups is 1. The number of ether oxygens (including phenoxy) is 2. The Bertz CT molecular complexity index is 1380. The number of rotatable bonds is 10. The van der Waals surface area contributed by atoms with Crippen LogP contribution in [0.1, 0.15) is 5.56 Å². The number of amides is 2. The molecule has 0 radical (unpaired) electrons. The topological polar surface area (TPSA) is 113 Å². The largest absolute Gasteiger partial charge is 0.497 e. The standard InChI is InChI=1S/C28H33N5O5S/c1-4-27(33-16-14-32(15-17-33)25-12-9-23(37-2)18-26(25)38-3)39(35,36)24-10-7-22(8-11-24)31-28(34)30-20-21-6-5-13-29-19-21/h4-13,18-19,27H,1,14-17,20H2,2-3H3,(H2,30,31,34). The van der Waals surface area contributed by atoms with Crippen molar-refractivity contribution in [3.8, 4) is 11.5 Å². The first-order chi connectivity index (χ1) is 18.8. The third kappa shape index (κ3) is 6.68. The molecule has 206 valence electrons. The number of piperazine rings is 1. The van der Waals surface area contributed by atoms with Crippen LogP contribution in [0.25, 0.3) is 0 Å². The van der Waals surface area contributed by atoms with E-state index in [0.717, 1.165) is 11.3 Å². The lowest BCUT2D eigenvalue weighted by atomic mass is 10.2. The van der Waals surface area contributed by atoms with Crippen LogP contribution in [0.15, 0.2) is 84.5 Å². The summed E-state index contributed by atoms with van der Waals surface area (Å²) in [5, 5.41) is 4.58. The van der Waals surface area contributed by atoms with Crippen LogP contribution in [0.5, 0.6) is 11.5 Å². The molecule has 2 aromatic carbocycles. The number of carbonyl (C=O) groups excluding carboxylic acids is 1. The molecule has 1 aliphatic heterocycles. The molecule has 1 atom stereocenters. The van der Waals surface area contributed by atoms with E-state index in [1.165, 1.54) is 18.2 Å². The number of hydrogen-bond acceptors (Lipinski definition) is 8. The molecule has 0 saturated carbocycles. The zero-order valence-corrected chi connectivity index (χ0v) is 22.9. The molecule has 2 heterocycles. The second-order valence-corrected chi connectivity index (χ2v) is 11.0. The lowest BCUT2D eigenvalue weighted by Crippen LogP contribution is -2.52. The number of urea groups is 1. The molecule has 11 heteroatoms. The van der Waals surface area contributed by atoms with Gasteiger partial charge in [-0.15, -0.1) is 6.58 Å². The van der Waals surface area contributed by atoms with Crippen LogP contribution in [-0.4, -0.2) is 70.1 Å². The molecule has 1 aromatic heterocycles. The van der Waals surface area contributed by atoms with Gasteiger partial charge in [-0.05, 0) is 48.0 Å². The van der Waals surface area contributed by atoms with Gasteiger partial charge in [0.15, 0.2) is 9.84 Å². The highest BCUT2D eigenvalue weighted by molar-refractivity contribution is 7.92. The van der Waals surface area contributed by atoms with E-state index in [2.05, 4.69) is 27.1 Å². The summed E-state index contributed by atoms with van der Waals surface area (Å²) >= 11 is 0. The summed E-state index contributed by atoms with van der Waals surface area (Å²) in [6, 6.07) is 15.1. The van der Waals surface area contributed by atoms with Gasteiger partial charge in [-0.1, -0.05) is 12.1 Å². The molecule has 1 fully saturated rings. The molecule has 1 aliphatic rings. The minimum Gasteiger partial charge on any atom is -0.497 e. The summed E-state index contributed by atoms with van der Waals surface area (Å²) in [5.41, 5.74) is 2.28. The molecule has 0 aliphatic carbocycles. The van der Waals surface area contributed by atoms with Crippen molar-refractivity contribution in [2.45, 2.75) is 16.8 Å². The van der Waals surface area contributed by atoms with Crippen molar-refractivity contribution in [2.24, 2.45) is 0 Å². The second-order valence-electron chi connectivity index (χ2n) is 8.93. The van der Waals surface area contributed by atoms with Gasteiger partial charge in [-0.3, -0.25) is 9.88 Å². The van der Waals surface area contributed by atoms with Crippen LogP contribution in [-0.2, 0) is 16.4 Å². The van der Waals surface area contributed by atoms with E-state index in [0.29, 0.717) is 49.9 Å². The van der Waals surface area contributed by atoms with Gasteiger partial charge in [0, 0.05) is 56.9 Å². The third-order valence-electron chi connectivity index (χ3n) is 6.54. The average molecular weight is 552 g/mol. The van der Waals surface area contributed by atoms with Gasteiger partial charge in [0.1, 0.15) is 16.9 Å². The van der Waals surface area contributed by atoms with Crippen LogP contribution < -0.4 is 25.0 Å². The van der Waals surface area contributed by atoms with Crippen molar-refractivity contribution in [3.05, 3.63) is 85.2 Å². The van der Waals surface area contributed by atoms with E-state index >= 15 is 0 Å². The number of nitrogens with zero attached hydrogens (tertiary/aromatic N) is 3. The van der Waals surface area contributed by atoms with Gasteiger partial charge in [-0.2, -0.15) is 0 Å². The number of pyridine rings is 1. The lowest BCUT2D eigenvalue weighted by molar-refractivity contribution is 0.251. The Balaban J connectivity index is 1.37. The maximum Gasteiger partial charge on any atom is 0.319 e. The first kappa shape index (κ1) is 27.9. The van der Waals surface area contributed by atoms with Crippen molar-refractivity contribution in [1.29, 1.82) is 0 Å². The van der Waals surface area contributed by atoms with Crippen molar-refractivity contribution in [1.82, 2.24) is 15.2 Å². The Kier molecular flexibility index (Phi) is 9.05. The van der Waals surface area contributed by atoms with Gasteiger partial charge in [0.2, 0.25) is 0 Å². The Morgan fingerprint density at radius 3 is 2.44 bits per heavy atom. The zero-order valence-electron chi connectivity index (χ0n) is 22.0. The molecule has 1 unspecified atom stereocenters. The molecule has 0 spiro atoms. The summed E-state index contributed by atoms with van der Waals surface area (Å²) in [4.78, 5) is 20.5. The quantitative estimate of drug-likeness (QED) is 0.368. The fourth-order valence-electron chi connectivity index (χ4n) is 4.46. The minimum atomic E-state index is -3.73. The second kappa shape index (κ2) is 12.6. The van der Waals surface area contributed by atoms with E-state index in [1.807, 2.05) is 29.2 Å². The number of aromatic nitrogens is 1. The molecular formula is C28H33N5O5S. The van der Waals surface area contributed by atoms with Crippen LogP contribution in [0, 0.1) is 0 Å². The van der Waals surface area contributed by atoms with Crippen molar-refractivity contribution < 1.29 is 22.7 Å². The smallest absolute Gasteiger partial charge is 0.319 e. The first-order valence-corrected chi connectivity index (χ1v) is 14.0. The monoisotopic (exact) mass is 551 g/mol. The van der Waals surface area contributed by atoms with E-state index in [1.54, 1.807) is 44.8 Å². The Hall–Kier alpha value is -4.09. The number of nitrogens with one attached hydrogen (secondary N) is 2. The van der Waals surface area contributed by atoms with Gasteiger partial charge >= 0.3 is 6.03 Å². The van der Waals surface area contributed by atoms with Gasteiger partial charge in [0.25, 0.3) is 0 Å². The van der Waals surface area contributed by atoms with E-state index in [-0.39, 0.29) is 4.90 Å². The van der Waals surface area contributed by atoms with Gasteiger partial charge in [-0.25, -0.2) is 13.2 Å². The first-order valence-electron chi connectivity index (χ1n) is 12.5. The van der Waals surface area contributed by atoms with E-state index in [4.69, 9.17) is 9.47 Å². The SMILES string of the molecule is C=CC(N1CCN(c2ccc(OC)cc2OC)CC1)S(=O)(=O)c1ccc(NC(=O)NCc2cccnc2)cc1. The van der Waals surface area contributed by atoms with Crippen molar-refractivity contribution in [2.75, 3.05) is 50.6 Å². The molecule has 1 saturated heterocycles. The van der Waals surface area contributed by atoms with Crippen LogP contribution in [0.2, 0.25) is 0 Å². The van der Waals surface area contributed by atoms with Crippen LogP contribution in [0.4, 0.5) is 16.2 Å². The van der Waals surface area contributed by atoms with E-state index in [9.17, 15) is 13.2 Å². The Morgan fingerprint density at radius 2 is 1.82 bits per heavy atom. The van der Waals surface area contributed by atoms with Crippen molar-refractivity contribution >= 4 is 27.2 Å². The summed E-state index contributed by atoms with van der Waals surface area (Å²) < 4.78 is 37.8. The maximum atomic E-state index is 13.5. The highest BCUT2D eigenvalue weighted by atomic mass is 32.2. The van der Waals surface area contributed by atoms with Gasteiger partial charge < -0.3 is 25.0 Å². The molecular weight excluding hydrogens is 518 g/mol. The number of hydrogen-bond donors (Lipinski definition) is 2. The van der Waals surface area contributed by atoms with E-state index < -0.39 is 21.2 Å². The summed E-state index contributed by atoms with van der Waals surface area (Å²) in [5.74, 6) is 1.41. The van der Waals surface area contributed by atoms with Crippen molar-refractivity contribution in [3.63, 3.8) is 0 Å². The highest BCUT2D eigenvalue weighted by Gasteiger charge is 2.33. The minimum absolute atomic E-state index is 0.160. The number of benzene rings is 2. The molecule has 0 bridgehead atoms. The number of anilines is 2. The lowest BCUT2D eigenvalue weighted by Gasteiger charge is -2.39. The average Bonchev–Trinajstić information content (AvgIpc) is 2.97. The number of carbonyl (C=O) groups is 1. The molecule has 2 amide bonds. The zero-order chi connectivity index (χ0) is 27.8. The Labute approximate surface area is 229 Å². The summed E-state index contributed by atoms with van der Waals surface area (Å²) in [6.07, 6.45) is 4.80. The molecule has 2 N–H and O–H groups in total. The highest BCUT2D eigenvalue weighted by Crippen LogP contribution is 2.33. The third-order valence-corrected chi connectivity index (χ3v) is 8.59. The summed E-state index contributed by atoms with van der Waals surface area (Å²) in [6.45, 7) is 6.45. The fourth-order valence-corrected chi connectivity index (χ4v) is 6.11. The number of methoxy groups -OCH3 is 2. The predicted octanol–water partition coefficient (Wildman–Crippen LogP) is 3.53. The molecule has 10 nitrogen and oxygen atoms in total. The molecule has 39 heavy (non-hydrogen) atoms. The normalized spacial score (nSPS) is 14.8. The van der Waals surface area contributed by atoms with Crippen LogP contribution >= 0.6 is 0 Å². The predicted molar refractivity (Wildman–Crippen MR) is 151 cm³/mol. The molecule has 3 aromatic rings.